The summed E-state index contributed by atoms with van der Waals surface area (Å²) in [5, 5.41) is 3.32. The van der Waals surface area contributed by atoms with Crippen molar-refractivity contribution in [1.29, 1.82) is 0 Å². The van der Waals surface area contributed by atoms with Crippen molar-refractivity contribution in [1.82, 2.24) is 9.97 Å². The molecular formula is C31H32BrF6N5O3. The molecule has 0 saturated carbocycles. The Labute approximate surface area is 270 Å². The molecule has 0 aliphatic carbocycles. The summed E-state index contributed by atoms with van der Waals surface area (Å²) in [6.07, 6.45) is -8.12. The highest BCUT2D eigenvalue weighted by atomic mass is 79.9. The molecule has 1 saturated heterocycles. The van der Waals surface area contributed by atoms with Crippen molar-refractivity contribution in [2.45, 2.75) is 57.5 Å². The Hall–Kier alpha value is -3.59. The second-order valence-electron chi connectivity index (χ2n) is 11.0. The van der Waals surface area contributed by atoms with Gasteiger partial charge in [0.15, 0.2) is 0 Å². The fourth-order valence-electron chi connectivity index (χ4n) is 5.80. The van der Waals surface area contributed by atoms with Crippen LogP contribution in [0, 0.1) is 0 Å². The number of amides is 1. The molecule has 0 unspecified atom stereocenters. The third-order valence-corrected chi connectivity index (χ3v) is 8.45. The normalized spacial score (nSPS) is 18.7. The van der Waals surface area contributed by atoms with Crippen molar-refractivity contribution in [2.75, 3.05) is 48.0 Å². The monoisotopic (exact) mass is 715 g/mol. The van der Waals surface area contributed by atoms with E-state index in [0.29, 0.717) is 50.5 Å². The van der Waals surface area contributed by atoms with E-state index < -0.39 is 29.6 Å². The van der Waals surface area contributed by atoms with Gasteiger partial charge in [0.2, 0.25) is 5.95 Å². The van der Waals surface area contributed by atoms with Gasteiger partial charge in [-0.2, -0.15) is 26.3 Å². The van der Waals surface area contributed by atoms with E-state index in [1.54, 1.807) is 11.8 Å². The van der Waals surface area contributed by atoms with Crippen LogP contribution in [0.4, 0.5) is 48.5 Å². The van der Waals surface area contributed by atoms with E-state index in [9.17, 15) is 31.1 Å². The summed E-state index contributed by atoms with van der Waals surface area (Å²) in [4.78, 5) is 25.7. The largest absolute Gasteiger partial charge is 0.449 e. The molecule has 1 aromatic heterocycles. The van der Waals surface area contributed by atoms with E-state index in [-0.39, 0.29) is 48.4 Å². The van der Waals surface area contributed by atoms with Gasteiger partial charge in [-0.25, -0.2) is 14.8 Å². The zero-order valence-electron chi connectivity index (χ0n) is 25.0. The summed E-state index contributed by atoms with van der Waals surface area (Å²) in [5.74, 6) is 0.144. The van der Waals surface area contributed by atoms with Gasteiger partial charge in [-0.05, 0) is 67.3 Å². The molecule has 2 atom stereocenters. The second-order valence-corrected chi connectivity index (χ2v) is 11.9. The van der Waals surface area contributed by atoms with Crippen LogP contribution < -0.4 is 15.1 Å². The number of hydrogen-bond donors (Lipinski definition) is 1. The minimum Gasteiger partial charge on any atom is -0.449 e. The van der Waals surface area contributed by atoms with Crippen molar-refractivity contribution >= 4 is 39.3 Å². The molecule has 2 aliphatic heterocycles. The Morgan fingerprint density at radius 3 is 2.30 bits per heavy atom. The number of rotatable bonds is 7. The Kier molecular flexibility index (Phi) is 10.0. The first kappa shape index (κ1) is 33.8. The molecule has 1 amide bonds. The number of morpholine rings is 1. The van der Waals surface area contributed by atoms with E-state index in [0.717, 1.165) is 22.2 Å². The molecule has 46 heavy (non-hydrogen) atoms. The molecule has 0 bridgehead atoms. The topological polar surface area (TPSA) is 79.8 Å². The predicted molar refractivity (Wildman–Crippen MR) is 163 cm³/mol. The Morgan fingerprint density at radius 2 is 1.70 bits per heavy atom. The summed E-state index contributed by atoms with van der Waals surface area (Å²) < 4.78 is 93.4. The molecular weight excluding hydrogens is 684 g/mol. The number of aromatic nitrogens is 2. The number of nitrogens with zero attached hydrogens (tertiary/aromatic N) is 4. The maximum atomic E-state index is 13.6. The van der Waals surface area contributed by atoms with Crippen molar-refractivity contribution in [3.8, 4) is 0 Å². The van der Waals surface area contributed by atoms with Gasteiger partial charge in [0.1, 0.15) is 0 Å². The molecule has 2 aromatic carbocycles. The average Bonchev–Trinajstić information content (AvgIpc) is 3.00. The highest BCUT2D eigenvalue weighted by Crippen LogP contribution is 2.42. The minimum absolute atomic E-state index is 0.113. The number of halogens is 7. The lowest BCUT2D eigenvalue weighted by Crippen LogP contribution is -2.46. The van der Waals surface area contributed by atoms with Gasteiger partial charge in [0.25, 0.3) is 0 Å². The van der Waals surface area contributed by atoms with Gasteiger partial charge in [-0.3, -0.25) is 4.90 Å². The molecule has 3 aromatic rings. The van der Waals surface area contributed by atoms with Crippen LogP contribution in [0.2, 0.25) is 0 Å². The highest BCUT2D eigenvalue weighted by Gasteiger charge is 2.38. The van der Waals surface area contributed by atoms with Crippen LogP contribution in [0.25, 0.3) is 0 Å². The van der Waals surface area contributed by atoms with E-state index in [1.807, 2.05) is 30.0 Å². The molecule has 1 fully saturated rings. The van der Waals surface area contributed by atoms with Gasteiger partial charge >= 0.3 is 18.4 Å². The van der Waals surface area contributed by atoms with Gasteiger partial charge < -0.3 is 19.7 Å². The van der Waals surface area contributed by atoms with Crippen LogP contribution in [0.3, 0.4) is 0 Å². The summed E-state index contributed by atoms with van der Waals surface area (Å²) >= 11 is 3.50. The lowest BCUT2D eigenvalue weighted by molar-refractivity contribution is -0.143. The van der Waals surface area contributed by atoms with Crippen LogP contribution in [0.1, 0.15) is 60.7 Å². The van der Waals surface area contributed by atoms with Crippen molar-refractivity contribution < 1.29 is 40.6 Å². The molecule has 3 heterocycles. The Morgan fingerprint density at radius 1 is 1.02 bits per heavy atom. The molecule has 2 aliphatic rings. The quantitative estimate of drug-likeness (QED) is 0.249. The predicted octanol–water partition coefficient (Wildman–Crippen LogP) is 8.00. The molecule has 5 rings (SSSR count). The first-order chi connectivity index (χ1) is 21.8. The molecule has 1 N–H and O–H groups in total. The minimum atomic E-state index is -4.97. The molecule has 15 heteroatoms. The number of carbonyl (C=O) groups is 1. The lowest BCUT2D eigenvalue weighted by Gasteiger charge is -2.40. The molecule has 8 nitrogen and oxygen atoms in total. The first-order valence-electron chi connectivity index (χ1n) is 14.8. The maximum Gasteiger partial charge on any atom is 0.416 e. The van der Waals surface area contributed by atoms with Crippen molar-refractivity contribution in [3.63, 3.8) is 0 Å². The zero-order chi connectivity index (χ0) is 33.2. The van der Waals surface area contributed by atoms with Crippen LogP contribution in [-0.4, -0.2) is 55.0 Å². The fourth-order valence-corrected chi connectivity index (χ4v) is 6.18. The third-order valence-electron chi connectivity index (χ3n) is 7.95. The number of carbonyl (C=O) groups excluding carboxylic acids is 1. The van der Waals surface area contributed by atoms with Crippen molar-refractivity contribution in [2.24, 2.45) is 0 Å². The Balaban J connectivity index is 1.54. The van der Waals surface area contributed by atoms with Crippen LogP contribution >= 0.6 is 15.9 Å². The number of benzene rings is 2. The average molecular weight is 717 g/mol. The number of ether oxygens (including phenoxy) is 2. The molecule has 0 spiro atoms. The number of nitrogens with one attached hydrogen (secondary N) is 1. The fraction of sp³-hybridized carbons (Fsp3) is 0.452. The van der Waals surface area contributed by atoms with E-state index >= 15 is 0 Å². The molecule has 248 valence electrons. The highest BCUT2D eigenvalue weighted by molar-refractivity contribution is 9.10. The van der Waals surface area contributed by atoms with Gasteiger partial charge in [0, 0.05) is 30.0 Å². The summed E-state index contributed by atoms with van der Waals surface area (Å²) in [5.41, 5.74) is -0.806. The van der Waals surface area contributed by atoms with E-state index in [4.69, 9.17) is 9.47 Å². The number of fused-ring (bicyclic) bond motifs is 1. The number of alkyl halides is 6. The number of hydrogen-bond acceptors (Lipinski definition) is 7. The first-order valence-corrected chi connectivity index (χ1v) is 15.6. The van der Waals surface area contributed by atoms with Gasteiger partial charge in [-0.15, -0.1) is 0 Å². The van der Waals surface area contributed by atoms with E-state index in [1.165, 1.54) is 6.20 Å². The summed E-state index contributed by atoms with van der Waals surface area (Å²) in [6, 6.07) is 6.44. The molecule has 0 radical (unpaired) electrons. The lowest BCUT2D eigenvalue weighted by atomic mass is 9.90. The van der Waals surface area contributed by atoms with Crippen LogP contribution in [0.15, 0.2) is 47.1 Å². The standard InChI is InChI=1S/C31H32BrF6N5O3/c1-3-22-16-24(23-15-21(32)5-6-26(23)43(22)29(44)46-4-2)40-28-39-17-27(42-7-9-45-10-8-42)25(41-28)13-18-11-19(30(33,34)35)14-20(12-18)31(36,37)38/h5-6,11-12,14-15,17,22,24H,3-4,7-10,13,16H2,1-2H3,(H,39,40,41)/t22-,24+/m1/s1. The zero-order valence-corrected chi connectivity index (χ0v) is 26.6. The summed E-state index contributed by atoms with van der Waals surface area (Å²) in [6.45, 7) is 5.58. The van der Waals surface area contributed by atoms with E-state index in [2.05, 4.69) is 31.2 Å². The van der Waals surface area contributed by atoms with Crippen LogP contribution in [-0.2, 0) is 28.2 Å². The second kappa shape index (κ2) is 13.6. The smallest absolute Gasteiger partial charge is 0.416 e. The third kappa shape index (κ3) is 7.51. The maximum absolute atomic E-state index is 13.6. The Bertz CT molecular complexity index is 1530. The van der Waals surface area contributed by atoms with Gasteiger partial charge in [0.05, 0.1) is 60.3 Å². The summed E-state index contributed by atoms with van der Waals surface area (Å²) in [7, 11) is 0. The van der Waals surface area contributed by atoms with Crippen LogP contribution in [0.5, 0.6) is 0 Å². The van der Waals surface area contributed by atoms with Crippen molar-refractivity contribution in [3.05, 3.63) is 75.0 Å². The number of anilines is 3. The SMILES string of the molecule is CCOC(=O)N1c2ccc(Br)cc2[C@@H](Nc2ncc(N3CCOCC3)c(Cc3cc(C(F)(F)F)cc(C(F)(F)F)c3)n2)C[C@H]1CC. The van der Waals surface area contributed by atoms with Gasteiger partial charge in [-0.1, -0.05) is 22.9 Å².